The van der Waals surface area contributed by atoms with Crippen molar-refractivity contribution >= 4 is 0 Å². The average molecular weight is 274 g/mol. The summed E-state index contributed by atoms with van der Waals surface area (Å²) in [5.41, 5.74) is 0. The van der Waals surface area contributed by atoms with Crippen molar-refractivity contribution in [3.05, 3.63) is 24.3 Å². The van der Waals surface area contributed by atoms with Crippen LogP contribution in [0.15, 0.2) is 27.2 Å². The van der Waals surface area contributed by atoms with Crippen LogP contribution in [0.2, 0.25) is 0 Å². The van der Waals surface area contributed by atoms with Gasteiger partial charge in [0.2, 0.25) is 5.89 Å². The lowest BCUT2D eigenvalue weighted by Gasteiger charge is -2.33. The molecule has 0 unspecified atom stereocenters. The van der Waals surface area contributed by atoms with Gasteiger partial charge in [0.05, 0.1) is 12.8 Å². The highest BCUT2D eigenvalue weighted by atomic mass is 16.4. The number of piperazine rings is 1. The molecule has 2 aromatic heterocycles. The predicted molar refractivity (Wildman–Crippen MR) is 71.9 cm³/mol. The Kier molecular flexibility index (Phi) is 3.05. The zero-order valence-corrected chi connectivity index (χ0v) is 11.4. The van der Waals surface area contributed by atoms with E-state index in [0.717, 1.165) is 38.8 Å². The van der Waals surface area contributed by atoms with Crippen molar-refractivity contribution in [2.24, 2.45) is 0 Å². The molecule has 1 aliphatic carbocycles. The zero-order valence-electron chi connectivity index (χ0n) is 11.4. The van der Waals surface area contributed by atoms with Gasteiger partial charge < -0.3 is 8.83 Å². The van der Waals surface area contributed by atoms with Crippen LogP contribution in [0, 0.1) is 0 Å². The quantitative estimate of drug-likeness (QED) is 0.844. The Morgan fingerprint density at radius 1 is 1.15 bits per heavy atom. The molecule has 2 aromatic rings. The lowest BCUT2D eigenvalue weighted by Crippen LogP contribution is -2.46. The van der Waals surface area contributed by atoms with Crippen LogP contribution in [-0.2, 0) is 6.54 Å². The number of rotatable bonds is 4. The zero-order chi connectivity index (χ0) is 13.4. The maximum absolute atomic E-state index is 5.65. The van der Waals surface area contributed by atoms with Gasteiger partial charge in [0.15, 0.2) is 5.76 Å². The molecule has 6 heteroatoms. The van der Waals surface area contributed by atoms with Gasteiger partial charge in [0.1, 0.15) is 0 Å². The van der Waals surface area contributed by atoms with E-state index in [2.05, 4.69) is 20.0 Å². The topological polar surface area (TPSA) is 58.5 Å². The van der Waals surface area contributed by atoms with Crippen LogP contribution in [0.3, 0.4) is 0 Å². The Labute approximate surface area is 117 Å². The summed E-state index contributed by atoms with van der Waals surface area (Å²) >= 11 is 0. The van der Waals surface area contributed by atoms with Crippen LogP contribution in [0.5, 0.6) is 0 Å². The van der Waals surface area contributed by atoms with E-state index in [1.165, 1.54) is 12.8 Å². The SMILES string of the molecule is c1coc(-c2nnc(CN3CCN(C4CC4)CC3)o2)c1. The molecular weight excluding hydrogens is 256 g/mol. The Balaban J connectivity index is 1.35. The van der Waals surface area contributed by atoms with Crippen molar-refractivity contribution in [3.8, 4) is 11.7 Å². The fraction of sp³-hybridized carbons (Fsp3) is 0.571. The maximum atomic E-state index is 5.65. The van der Waals surface area contributed by atoms with Crippen molar-refractivity contribution in [1.82, 2.24) is 20.0 Å². The maximum Gasteiger partial charge on any atom is 0.283 e. The molecule has 106 valence electrons. The van der Waals surface area contributed by atoms with Crippen molar-refractivity contribution in [2.75, 3.05) is 26.2 Å². The fourth-order valence-electron chi connectivity index (χ4n) is 2.73. The number of aromatic nitrogens is 2. The average Bonchev–Trinajstić information content (AvgIpc) is 2.99. The molecule has 1 saturated heterocycles. The van der Waals surface area contributed by atoms with Gasteiger partial charge in [-0.25, -0.2) is 0 Å². The van der Waals surface area contributed by atoms with E-state index in [-0.39, 0.29) is 0 Å². The highest BCUT2D eigenvalue weighted by Gasteiger charge is 2.31. The molecule has 1 saturated carbocycles. The molecular formula is C14H18N4O2. The number of hydrogen-bond donors (Lipinski definition) is 0. The first-order valence-electron chi connectivity index (χ1n) is 7.21. The summed E-state index contributed by atoms with van der Waals surface area (Å²) in [5, 5.41) is 8.13. The van der Waals surface area contributed by atoms with Gasteiger partial charge in [-0.3, -0.25) is 9.80 Å². The van der Waals surface area contributed by atoms with Crippen LogP contribution in [0.4, 0.5) is 0 Å². The molecule has 0 radical (unpaired) electrons. The first-order chi connectivity index (χ1) is 9.88. The molecule has 6 nitrogen and oxygen atoms in total. The van der Waals surface area contributed by atoms with Crippen LogP contribution in [0.25, 0.3) is 11.7 Å². The predicted octanol–water partition coefficient (Wildman–Crippen LogP) is 1.61. The number of hydrogen-bond acceptors (Lipinski definition) is 6. The van der Waals surface area contributed by atoms with Gasteiger partial charge in [-0.2, -0.15) is 0 Å². The van der Waals surface area contributed by atoms with E-state index < -0.39 is 0 Å². The molecule has 0 atom stereocenters. The molecule has 0 amide bonds. The largest absolute Gasteiger partial charge is 0.459 e. The van der Waals surface area contributed by atoms with E-state index in [9.17, 15) is 0 Å². The summed E-state index contributed by atoms with van der Waals surface area (Å²) in [6.45, 7) is 5.20. The third-order valence-corrected chi connectivity index (χ3v) is 4.03. The van der Waals surface area contributed by atoms with Crippen molar-refractivity contribution in [3.63, 3.8) is 0 Å². The Morgan fingerprint density at radius 3 is 2.70 bits per heavy atom. The molecule has 20 heavy (non-hydrogen) atoms. The molecule has 2 fully saturated rings. The summed E-state index contributed by atoms with van der Waals surface area (Å²) < 4.78 is 10.9. The van der Waals surface area contributed by atoms with Crippen LogP contribution in [-0.4, -0.2) is 52.2 Å². The van der Waals surface area contributed by atoms with E-state index in [1.54, 1.807) is 6.26 Å². The Morgan fingerprint density at radius 2 is 2.00 bits per heavy atom. The third-order valence-electron chi connectivity index (χ3n) is 4.03. The molecule has 4 rings (SSSR count). The van der Waals surface area contributed by atoms with E-state index in [0.29, 0.717) is 17.5 Å². The summed E-state index contributed by atoms with van der Waals surface area (Å²) in [5.74, 6) is 1.75. The smallest absolute Gasteiger partial charge is 0.283 e. The van der Waals surface area contributed by atoms with E-state index in [1.807, 2.05) is 12.1 Å². The van der Waals surface area contributed by atoms with Crippen LogP contribution in [0.1, 0.15) is 18.7 Å². The van der Waals surface area contributed by atoms with Gasteiger partial charge in [-0.05, 0) is 25.0 Å². The summed E-state index contributed by atoms with van der Waals surface area (Å²) in [7, 11) is 0. The van der Waals surface area contributed by atoms with E-state index >= 15 is 0 Å². The van der Waals surface area contributed by atoms with Gasteiger partial charge in [0.25, 0.3) is 5.89 Å². The standard InChI is InChI=1S/C14H18N4O2/c1-2-12(19-9-1)14-16-15-13(20-14)10-17-5-7-18(8-6-17)11-3-4-11/h1-2,9,11H,3-8,10H2. The third kappa shape index (κ3) is 2.48. The van der Waals surface area contributed by atoms with Crippen LogP contribution >= 0.6 is 0 Å². The second kappa shape index (κ2) is 5.03. The molecule has 2 aliphatic rings. The Bertz CT molecular complexity index is 554. The lowest BCUT2D eigenvalue weighted by molar-refractivity contribution is 0.114. The fourth-order valence-corrected chi connectivity index (χ4v) is 2.73. The number of nitrogens with zero attached hydrogens (tertiary/aromatic N) is 4. The van der Waals surface area contributed by atoms with Gasteiger partial charge in [0, 0.05) is 32.2 Å². The molecule has 0 spiro atoms. The molecule has 0 N–H and O–H groups in total. The molecule has 1 aliphatic heterocycles. The normalized spacial score (nSPS) is 21.4. The summed E-state index contributed by atoms with van der Waals surface area (Å²) in [6, 6.07) is 4.51. The first kappa shape index (κ1) is 12.1. The summed E-state index contributed by atoms with van der Waals surface area (Å²) in [4.78, 5) is 4.97. The minimum atomic E-state index is 0.460. The highest BCUT2D eigenvalue weighted by Crippen LogP contribution is 2.27. The second-order valence-electron chi connectivity index (χ2n) is 5.52. The molecule has 0 bridgehead atoms. The summed E-state index contributed by atoms with van der Waals surface area (Å²) in [6.07, 6.45) is 4.38. The van der Waals surface area contributed by atoms with Crippen molar-refractivity contribution in [2.45, 2.75) is 25.4 Å². The Hall–Kier alpha value is -1.66. The molecule has 3 heterocycles. The first-order valence-corrected chi connectivity index (χ1v) is 7.21. The van der Waals surface area contributed by atoms with Gasteiger partial charge in [-0.15, -0.1) is 10.2 Å². The highest BCUT2D eigenvalue weighted by molar-refractivity contribution is 5.42. The lowest BCUT2D eigenvalue weighted by atomic mass is 10.3. The number of furan rings is 1. The minimum Gasteiger partial charge on any atom is -0.459 e. The van der Waals surface area contributed by atoms with Crippen molar-refractivity contribution < 1.29 is 8.83 Å². The van der Waals surface area contributed by atoms with Crippen molar-refractivity contribution in [1.29, 1.82) is 0 Å². The second-order valence-corrected chi connectivity index (χ2v) is 5.52. The van der Waals surface area contributed by atoms with Gasteiger partial charge in [-0.1, -0.05) is 0 Å². The molecule has 0 aromatic carbocycles. The van der Waals surface area contributed by atoms with E-state index in [4.69, 9.17) is 8.83 Å². The van der Waals surface area contributed by atoms with Gasteiger partial charge >= 0.3 is 0 Å². The monoisotopic (exact) mass is 274 g/mol. The minimum absolute atomic E-state index is 0.460. The van der Waals surface area contributed by atoms with Crippen LogP contribution < -0.4 is 0 Å².